The highest BCUT2D eigenvalue weighted by molar-refractivity contribution is 5.75. The van der Waals surface area contributed by atoms with Crippen molar-refractivity contribution in [3.05, 3.63) is 0 Å². The van der Waals surface area contributed by atoms with Crippen molar-refractivity contribution < 1.29 is 9.90 Å². The van der Waals surface area contributed by atoms with Crippen LogP contribution in [0.15, 0.2) is 0 Å². The maximum absolute atomic E-state index is 11.4. The van der Waals surface area contributed by atoms with Crippen LogP contribution in [0.1, 0.15) is 66.7 Å². The van der Waals surface area contributed by atoms with Crippen LogP contribution in [0.4, 0.5) is 0 Å². The van der Waals surface area contributed by atoms with Gasteiger partial charge in [-0.2, -0.15) is 0 Å². The van der Waals surface area contributed by atoms with E-state index in [1.807, 2.05) is 27.7 Å². The third-order valence-electron chi connectivity index (χ3n) is 5.02. The minimum atomic E-state index is -0.758. The van der Waals surface area contributed by atoms with Crippen molar-refractivity contribution in [1.29, 1.82) is 0 Å². The summed E-state index contributed by atoms with van der Waals surface area (Å²) in [6, 6.07) is 0.470. The van der Waals surface area contributed by atoms with Crippen LogP contribution in [0.2, 0.25) is 0 Å². The second kappa shape index (κ2) is 5.60. The standard InChI is InChI=1S/C15H29NO2/c1-6-11-8-7-9-12(10-11)16-15(4,5)14(2,3)13(17)18/h11-12,16H,6-10H2,1-5H3,(H,17,18). The molecule has 1 fully saturated rings. The van der Waals surface area contributed by atoms with Crippen molar-refractivity contribution in [2.75, 3.05) is 0 Å². The smallest absolute Gasteiger partial charge is 0.310 e. The molecule has 3 nitrogen and oxygen atoms in total. The van der Waals surface area contributed by atoms with Crippen molar-refractivity contribution >= 4 is 5.97 Å². The second-order valence-corrected chi connectivity index (χ2v) is 6.84. The summed E-state index contributed by atoms with van der Waals surface area (Å²) in [5, 5.41) is 13.0. The third kappa shape index (κ3) is 3.25. The fraction of sp³-hybridized carbons (Fsp3) is 0.933. The van der Waals surface area contributed by atoms with Crippen molar-refractivity contribution in [1.82, 2.24) is 5.32 Å². The van der Waals surface area contributed by atoms with Crippen molar-refractivity contribution in [2.24, 2.45) is 11.3 Å². The molecule has 3 heteroatoms. The van der Waals surface area contributed by atoms with Gasteiger partial charge in [0.2, 0.25) is 0 Å². The number of hydrogen-bond acceptors (Lipinski definition) is 2. The summed E-state index contributed by atoms with van der Waals surface area (Å²) >= 11 is 0. The molecule has 1 rings (SSSR count). The molecule has 2 unspecified atom stereocenters. The molecule has 2 N–H and O–H groups in total. The fourth-order valence-corrected chi connectivity index (χ4v) is 2.75. The summed E-state index contributed by atoms with van der Waals surface area (Å²) in [5.74, 6) is 0.0721. The quantitative estimate of drug-likeness (QED) is 0.791. The van der Waals surface area contributed by atoms with Crippen LogP contribution < -0.4 is 5.32 Å². The average Bonchev–Trinajstić information content (AvgIpc) is 2.28. The Balaban J connectivity index is 2.67. The zero-order valence-electron chi connectivity index (χ0n) is 12.5. The van der Waals surface area contributed by atoms with E-state index in [4.69, 9.17) is 0 Å². The van der Waals surface area contributed by atoms with Gasteiger partial charge in [0.1, 0.15) is 0 Å². The van der Waals surface area contributed by atoms with Crippen LogP contribution in [0.5, 0.6) is 0 Å². The minimum absolute atomic E-state index is 0.390. The zero-order valence-corrected chi connectivity index (χ0v) is 12.5. The molecule has 0 bridgehead atoms. The van der Waals surface area contributed by atoms with E-state index in [9.17, 15) is 9.90 Å². The predicted molar refractivity (Wildman–Crippen MR) is 74.7 cm³/mol. The van der Waals surface area contributed by atoms with E-state index in [2.05, 4.69) is 12.2 Å². The first kappa shape index (κ1) is 15.5. The van der Waals surface area contributed by atoms with E-state index in [0.717, 1.165) is 5.92 Å². The number of carboxylic acid groups (broad SMARTS) is 1. The second-order valence-electron chi connectivity index (χ2n) is 6.84. The molecular formula is C15H29NO2. The van der Waals surface area contributed by atoms with Crippen LogP contribution in [0.25, 0.3) is 0 Å². The van der Waals surface area contributed by atoms with Gasteiger partial charge in [0.25, 0.3) is 0 Å². The zero-order chi connectivity index (χ0) is 14.0. The molecule has 0 aromatic rings. The Bertz CT molecular complexity index is 297. The van der Waals surface area contributed by atoms with Crippen LogP contribution in [0.3, 0.4) is 0 Å². The summed E-state index contributed by atoms with van der Waals surface area (Å²) in [5.41, 5.74) is -1.15. The van der Waals surface area contributed by atoms with Crippen molar-refractivity contribution in [3.8, 4) is 0 Å². The molecule has 0 amide bonds. The molecule has 2 atom stereocenters. The van der Waals surface area contributed by atoms with Crippen LogP contribution in [-0.2, 0) is 4.79 Å². The molecule has 1 aliphatic carbocycles. The Morgan fingerprint density at radius 2 is 1.89 bits per heavy atom. The minimum Gasteiger partial charge on any atom is -0.481 e. The van der Waals surface area contributed by atoms with Gasteiger partial charge < -0.3 is 10.4 Å². The Hall–Kier alpha value is -0.570. The van der Waals surface area contributed by atoms with Crippen LogP contribution in [0, 0.1) is 11.3 Å². The summed E-state index contributed by atoms with van der Waals surface area (Å²) < 4.78 is 0. The topological polar surface area (TPSA) is 49.3 Å². The van der Waals surface area contributed by atoms with Crippen LogP contribution >= 0.6 is 0 Å². The van der Waals surface area contributed by atoms with Crippen LogP contribution in [-0.4, -0.2) is 22.7 Å². The molecule has 0 saturated heterocycles. The fourth-order valence-electron chi connectivity index (χ4n) is 2.75. The molecular weight excluding hydrogens is 226 g/mol. The lowest BCUT2D eigenvalue weighted by atomic mass is 9.73. The molecule has 0 radical (unpaired) electrons. The third-order valence-corrected chi connectivity index (χ3v) is 5.02. The first-order chi connectivity index (χ1) is 8.20. The number of carboxylic acids is 1. The normalized spacial score (nSPS) is 26.1. The van der Waals surface area contributed by atoms with Gasteiger partial charge in [-0.1, -0.05) is 26.2 Å². The summed E-state index contributed by atoms with van der Waals surface area (Å²) in [6.07, 6.45) is 6.20. The summed E-state index contributed by atoms with van der Waals surface area (Å²) in [6.45, 7) is 9.89. The van der Waals surface area contributed by atoms with Gasteiger partial charge in [-0.25, -0.2) is 0 Å². The molecule has 1 saturated carbocycles. The Morgan fingerprint density at radius 1 is 1.28 bits per heavy atom. The average molecular weight is 255 g/mol. The number of aliphatic carboxylic acids is 1. The van der Waals surface area contributed by atoms with Crippen molar-refractivity contribution in [2.45, 2.75) is 78.3 Å². The molecule has 0 aliphatic heterocycles. The number of hydrogen-bond donors (Lipinski definition) is 2. The maximum atomic E-state index is 11.4. The SMILES string of the molecule is CCC1CCCC(NC(C)(C)C(C)(C)C(=O)O)C1. The summed E-state index contributed by atoms with van der Waals surface area (Å²) in [7, 11) is 0. The number of rotatable bonds is 5. The van der Waals surface area contributed by atoms with Gasteiger partial charge in [-0.05, 0) is 46.5 Å². The van der Waals surface area contributed by atoms with E-state index in [1.54, 1.807) is 0 Å². The predicted octanol–water partition coefficient (Wildman–Crippen LogP) is 3.43. The highest BCUT2D eigenvalue weighted by Crippen LogP contribution is 2.34. The number of nitrogens with one attached hydrogen (secondary N) is 1. The molecule has 0 spiro atoms. The van der Waals surface area contributed by atoms with Gasteiger partial charge in [-0.15, -0.1) is 0 Å². The van der Waals surface area contributed by atoms with Gasteiger partial charge >= 0.3 is 5.97 Å². The lowest BCUT2D eigenvalue weighted by molar-refractivity contribution is -0.151. The van der Waals surface area contributed by atoms with Gasteiger partial charge in [0.05, 0.1) is 5.41 Å². The highest BCUT2D eigenvalue weighted by Gasteiger charge is 2.44. The lowest BCUT2D eigenvalue weighted by Crippen LogP contribution is -2.58. The Morgan fingerprint density at radius 3 is 2.39 bits per heavy atom. The van der Waals surface area contributed by atoms with Gasteiger partial charge in [0.15, 0.2) is 0 Å². The van der Waals surface area contributed by atoms with E-state index in [0.29, 0.717) is 6.04 Å². The van der Waals surface area contributed by atoms with E-state index in [-0.39, 0.29) is 5.54 Å². The maximum Gasteiger partial charge on any atom is 0.310 e. The molecule has 106 valence electrons. The molecule has 18 heavy (non-hydrogen) atoms. The van der Waals surface area contributed by atoms with Gasteiger partial charge in [-0.3, -0.25) is 4.79 Å². The van der Waals surface area contributed by atoms with E-state index < -0.39 is 11.4 Å². The molecule has 1 aliphatic rings. The highest BCUT2D eigenvalue weighted by atomic mass is 16.4. The monoisotopic (exact) mass is 255 g/mol. The first-order valence-electron chi connectivity index (χ1n) is 7.21. The Kier molecular flexibility index (Phi) is 4.82. The van der Waals surface area contributed by atoms with E-state index in [1.165, 1.54) is 32.1 Å². The summed E-state index contributed by atoms with van der Waals surface area (Å²) in [4.78, 5) is 11.4. The Labute approximate surface area is 111 Å². The molecule has 0 heterocycles. The molecule has 0 aromatic heterocycles. The largest absolute Gasteiger partial charge is 0.481 e. The first-order valence-corrected chi connectivity index (χ1v) is 7.21. The lowest BCUT2D eigenvalue weighted by Gasteiger charge is -2.43. The van der Waals surface area contributed by atoms with E-state index >= 15 is 0 Å². The van der Waals surface area contributed by atoms with Gasteiger partial charge in [0, 0.05) is 11.6 Å². The van der Waals surface area contributed by atoms with Crippen molar-refractivity contribution in [3.63, 3.8) is 0 Å². The number of carbonyl (C=O) groups is 1. The molecule has 0 aromatic carbocycles.